The first kappa shape index (κ1) is 19.3. The molecule has 0 aromatic heterocycles. The summed E-state index contributed by atoms with van der Waals surface area (Å²) in [6.07, 6.45) is 0.373. The standard InChI is InChI=1S/C20H21NO5/c1-14(23)18(11-15-5-3-2-4-6-15)21-19(24)13-26-20(25)17-9-7-16(12-22)8-10-17/h2-10,18,22H,11-13H2,1H3,(H,21,24)/t18-/m1/s1. The second kappa shape index (κ2) is 9.48. The third-order valence-corrected chi connectivity index (χ3v) is 3.82. The molecule has 1 amide bonds. The number of benzene rings is 2. The van der Waals surface area contributed by atoms with Gasteiger partial charge in [0.25, 0.3) is 5.91 Å². The van der Waals surface area contributed by atoms with Crippen LogP contribution in [0.15, 0.2) is 54.6 Å². The van der Waals surface area contributed by atoms with Crippen LogP contribution in [0, 0.1) is 0 Å². The molecule has 0 fully saturated rings. The monoisotopic (exact) mass is 355 g/mol. The van der Waals surface area contributed by atoms with E-state index < -0.39 is 24.5 Å². The summed E-state index contributed by atoms with van der Waals surface area (Å²) in [5.41, 5.74) is 1.88. The Morgan fingerprint density at radius 1 is 1.00 bits per heavy atom. The van der Waals surface area contributed by atoms with E-state index in [9.17, 15) is 14.4 Å². The molecule has 0 aliphatic rings. The minimum absolute atomic E-state index is 0.119. The minimum atomic E-state index is -0.674. The van der Waals surface area contributed by atoms with Crippen LogP contribution < -0.4 is 5.32 Å². The molecule has 2 aromatic rings. The van der Waals surface area contributed by atoms with Crippen molar-refractivity contribution < 1.29 is 24.2 Å². The van der Waals surface area contributed by atoms with E-state index in [1.807, 2.05) is 30.3 Å². The van der Waals surface area contributed by atoms with Gasteiger partial charge in [-0.25, -0.2) is 4.79 Å². The van der Waals surface area contributed by atoms with Gasteiger partial charge in [-0.1, -0.05) is 42.5 Å². The topological polar surface area (TPSA) is 92.7 Å². The van der Waals surface area contributed by atoms with Gasteiger partial charge in [-0.2, -0.15) is 0 Å². The number of carbonyl (C=O) groups is 3. The molecule has 0 aliphatic carbocycles. The smallest absolute Gasteiger partial charge is 0.338 e. The molecule has 2 aromatic carbocycles. The molecule has 0 aliphatic heterocycles. The summed E-state index contributed by atoms with van der Waals surface area (Å²) in [7, 11) is 0. The van der Waals surface area contributed by atoms with Gasteiger partial charge in [-0.15, -0.1) is 0 Å². The van der Waals surface area contributed by atoms with Crippen molar-refractivity contribution in [3.8, 4) is 0 Å². The third-order valence-electron chi connectivity index (χ3n) is 3.82. The summed E-state index contributed by atoms with van der Waals surface area (Å²) in [6, 6.07) is 14.9. The molecule has 0 saturated carbocycles. The maximum absolute atomic E-state index is 12.0. The predicted octanol–water partition coefficient (Wildman–Crippen LogP) is 1.65. The molecule has 0 unspecified atom stereocenters. The number of ether oxygens (including phenoxy) is 1. The van der Waals surface area contributed by atoms with Gasteiger partial charge in [0.15, 0.2) is 12.4 Å². The molecule has 26 heavy (non-hydrogen) atoms. The van der Waals surface area contributed by atoms with Gasteiger partial charge in [-0.3, -0.25) is 9.59 Å². The van der Waals surface area contributed by atoms with E-state index in [0.29, 0.717) is 12.0 Å². The van der Waals surface area contributed by atoms with Gasteiger partial charge >= 0.3 is 5.97 Å². The van der Waals surface area contributed by atoms with Crippen molar-refractivity contribution >= 4 is 17.7 Å². The number of carbonyl (C=O) groups excluding carboxylic acids is 3. The molecule has 0 bridgehead atoms. The molecule has 0 spiro atoms. The molecule has 1 atom stereocenters. The Morgan fingerprint density at radius 3 is 2.23 bits per heavy atom. The highest BCUT2D eigenvalue weighted by molar-refractivity contribution is 5.92. The SMILES string of the molecule is CC(=O)[C@@H](Cc1ccccc1)NC(=O)COC(=O)c1ccc(CO)cc1. The van der Waals surface area contributed by atoms with E-state index >= 15 is 0 Å². The molecule has 0 radical (unpaired) electrons. The van der Waals surface area contributed by atoms with Gasteiger partial charge in [0.1, 0.15) is 0 Å². The molecule has 2 N–H and O–H groups in total. The molecule has 0 saturated heterocycles. The molecular weight excluding hydrogens is 334 g/mol. The number of amides is 1. The Hall–Kier alpha value is -2.99. The van der Waals surface area contributed by atoms with Crippen LogP contribution in [-0.2, 0) is 27.4 Å². The van der Waals surface area contributed by atoms with Gasteiger partial charge < -0.3 is 15.2 Å². The zero-order valence-electron chi connectivity index (χ0n) is 14.5. The van der Waals surface area contributed by atoms with Gasteiger partial charge in [0.2, 0.25) is 0 Å². The number of aliphatic hydroxyl groups is 1. The lowest BCUT2D eigenvalue weighted by Gasteiger charge is -2.16. The van der Waals surface area contributed by atoms with Crippen molar-refractivity contribution in [1.29, 1.82) is 0 Å². The predicted molar refractivity (Wildman–Crippen MR) is 95.4 cm³/mol. The zero-order valence-corrected chi connectivity index (χ0v) is 14.5. The molecular formula is C20H21NO5. The second-order valence-corrected chi connectivity index (χ2v) is 5.85. The average molecular weight is 355 g/mol. The number of hydrogen-bond donors (Lipinski definition) is 2. The summed E-state index contributed by atoms with van der Waals surface area (Å²) in [5, 5.41) is 11.6. The summed E-state index contributed by atoms with van der Waals surface area (Å²) in [6.45, 7) is 0.813. The van der Waals surface area contributed by atoms with E-state index in [2.05, 4.69) is 5.32 Å². The molecule has 0 heterocycles. The summed E-state index contributed by atoms with van der Waals surface area (Å²) < 4.78 is 4.97. The lowest BCUT2D eigenvalue weighted by Crippen LogP contribution is -2.43. The number of Topliss-reactive ketones (excluding diaryl/α,β-unsaturated/α-hetero) is 1. The van der Waals surface area contributed by atoms with Crippen molar-refractivity contribution in [3.05, 3.63) is 71.3 Å². The van der Waals surface area contributed by atoms with Crippen LogP contribution in [0.4, 0.5) is 0 Å². The highest BCUT2D eigenvalue weighted by atomic mass is 16.5. The fourth-order valence-corrected chi connectivity index (χ4v) is 2.34. The summed E-state index contributed by atoms with van der Waals surface area (Å²) in [4.78, 5) is 35.7. The Balaban J connectivity index is 1.87. The van der Waals surface area contributed by atoms with Crippen LogP contribution in [0.2, 0.25) is 0 Å². The highest BCUT2D eigenvalue weighted by Gasteiger charge is 2.18. The molecule has 136 valence electrons. The number of nitrogens with one attached hydrogen (secondary N) is 1. The summed E-state index contributed by atoms with van der Waals surface area (Å²) >= 11 is 0. The number of hydrogen-bond acceptors (Lipinski definition) is 5. The number of rotatable bonds is 8. The molecule has 6 nitrogen and oxygen atoms in total. The fraction of sp³-hybridized carbons (Fsp3) is 0.250. The largest absolute Gasteiger partial charge is 0.452 e. The fourth-order valence-electron chi connectivity index (χ4n) is 2.34. The van der Waals surface area contributed by atoms with Crippen LogP contribution in [-0.4, -0.2) is 35.4 Å². The van der Waals surface area contributed by atoms with Crippen LogP contribution in [0.5, 0.6) is 0 Å². The first-order valence-corrected chi connectivity index (χ1v) is 8.20. The number of esters is 1. The van der Waals surface area contributed by atoms with E-state index in [1.165, 1.54) is 19.1 Å². The Bertz CT molecular complexity index is 756. The average Bonchev–Trinajstić information content (AvgIpc) is 2.66. The van der Waals surface area contributed by atoms with Crippen molar-refractivity contribution in [1.82, 2.24) is 5.32 Å². The van der Waals surface area contributed by atoms with Gasteiger partial charge in [0, 0.05) is 0 Å². The van der Waals surface area contributed by atoms with Crippen molar-refractivity contribution in [2.24, 2.45) is 0 Å². The minimum Gasteiger partial charge on any atom is -0.452 e. The molecule has 2 rings (SSSR count). The van der Waals surface area contributed by atoms with E-state index in [0.717, 1.165) is 5.56 Å². The lowest BCUT2D eigenvalue weighted by atomic mass is 10.0. The van der Waals surface area contributed by atoms with Gasteiger partial charge in [-0.05, 0) is 36.6 Å². The van der Waals surface area contributed by atoms with Crippen molar-refractivity contribution in [2.75, 3.05) is 6.61 Å². The van der Waals surface area contributed by atoms with Crippen LogP contribution in [0.25, 0.3) is 0 Å². The number of ketones is 1. The molecule has 6 heteroatoms. The highest BCUT2D eigenvalue weighted by Crippen LogP contribution is 2.07. The van der Waals surface area contributed by atoms with Crippen LogP contribution >= 0.6 is 0 Å². The maximum Gasteiger partial charge on any atom is 0.338 e. The van der Waals surface area contributed by atoms with E-state index in [4.69, 9.17) is 9.84 Å². The van der Waals surface area contributed by atoms with Crippen molar-refractivity contribution in [3.63, 3.8) is 0 Å². The first-order valence-electron chi connectivity index (χ1n) is 8.20. The Kier molecular flexibility index (Phi) is 7.05. The van der Waals surface area contributed by atoms with Gasteiger partial charge in [0.05, 0.1) is 18.2 Å². The quantitative estimate of drug-likeness (QED) is 0.703. The van der Waals surface area contributed by atoms with Crippen molar-refractivity contribution in [2.45, 2.75) is 26.0 Å². The number of aliphatic hydroxyl groups excluding tert-OH is 1. The second-order valence-electron chi connectivity index (χ2n) is 5.85. The maximum atomic E-state index is 12.0. The third kappa shape index (κ3) is 5.82. The van der Waals surface area contributed by atoms with Crippen LogP contribution in [0.1, 0.15) is 28.4 Å². The Morgan fingerprint density at radius 2 is 1.65 bits per heavy atom. The lowest BCUT2D eigenvalue weighted by molar-refractivity contribution is -0.128. The van der Waals surface area contributed by atoms with E-state index in [-0.39, 0.29) is 18.0 Å². The normalized spacial score (nSPS) is 11.5. The Labute approximate surface area is 151 Å². The summed E-state index contributed by atoms with van der Waals surface area (Å²) in [5.74, 6) is -1.36. The first-order chi connectivity index (χ1) is 12.5. The zero-order chi connectivity index (χ0) is 18.9. The van der Waals surface area contributed by atoms with E-state index in [1.54, 1.807) is 12.1 Å². The van der Waals surface area contributed by atoms with Crippen LogP contribution in [0.3, 0.4) is 0 Å².